The van der Waals surface area contributed by atoms with Crippen LogP contribution in [0.5, 0.6) is 0 Å². The fourth-order valence-corrected chi connectivity index (χ4v) is 3.43. The molecule has 9 heteroatoms. The number of halogens is 3. The second-order valence-corrected chi connectivity index (χ2v) is 7.59. The summed E-state index contributed by atoms with van der Waals surface area (Å²) in [5.41, 5.74) is -2.59. The predicted octanol–water partition coefficient (Wildman–Crippen LogP) is 2.71. The third-order valence-corrected chi connectivity index (χ3v) is 5.17. The molecule has 1 fully saturated rings. The lowest BCUT2D eigenvalue weighted by atomic mass is 9.97. The number of amides is 2. The van der Waals surface area contributed by atoms with Crippen LogP contribution in [0.2, 0.25) is 0 Å². The number of aliphatic hydroxyl groups is 1. The second-order valence-electron chi connectivity index (χ2n) is 7.59. The van der Waals surface area contributed by atoms with Crippen molar-refractivity contribution in [2.24, 2.45) is 0 Å². The van der Waals surface area contributed by atoms with Crippen LogP contribution in [-0.2, 0) is 4.79 Å². The number of benzene rings is 1. The Kier molecular flexibility index (Phi) is 6.58. The Bertz CT molecular complexity index is 790. The fraction of sp³-hybridized carbons (Fsp3) is 0.550. The van der Waals surface area contributed by atoms with Gasteiger partial charge in [-0.05, 0) is 57.9 Å². The van der Waals surface area contributed by atoms with E-state index >= 15 is 0 Å². The molecule has 1 heterocycles. The van der Waals surface area contributed by atoms with Crippen molar-refractivity contribution in [2.45, 2.75) is 57.5 Å². The number of hydrogen-bond donors (Lipinski definition) is 1. The molecule has 1 atom stereocenters. The zero-order chi connectivity index (χ0) is 22.0. The lowest BCUT2D eigenvalue weighted by Crippen LogP contribution is -2.59. The number of alkyl halides is 3. The smallest absolute Gasteiger partial charge is 0.373 e. The number of rotatable bonds is 4. The van der Waals surface area contributed by atoms with Crippen LogP contribution in [0.1, 0.15) is 49.5 Å². The molecule has 2 rings (SSSR count). The van der Waals surface area contributed by atoms with Gasteiger partial charge in [-0.15, -0.1) is 0 Å². The minimum atomic E-state index is -5.06. The Labute approximate surface area is 167 Å². The average Bonchev–Trinajstić information content (AvgIpc) is 2.67. The number of nitrogens with zero attached hydrogens (tertiary/aromatic N) is 3. The van der Waals surface area contributed by atoms with Gasteiger partial charge in [0, 0.05) is 30.7 Å². The number of likely N-dealkylation sites (tertiary alicyclic amines) is 1. The number of piperidine rings is 1. The minimum absolute atomic E-state index is 0.0135. The van der Waals surface area contributed by atoms with Gasteiger partial charge in [-0.25, -0.2) is 0 Å². The summed E-state index contributed by atoms with van der Waals surface area (Å²) in [6.45, 7) is 4.16. The van der Waals surface area contributed by atoms with Crippen LogP contribution in [0.25, 0.3) is 0 Å². The Balaban J connectivity index is 2.11. The van der Waals surface area contributed by atoms with E-state index in [0.29, 0.717) is 30.9 Å². The van der Waals surface area contributed by atoms with E-state index in [2.05, 4.69) is 0 Å². The van der Waals surface area contributed by atoms with E-state index in [1.807, 2.05) is 19.9 Å². The summed E-state index contributed by atoms with van der Waals surface area (Å²) in [5, 5.41) is 18.5. The molecule has 158 valence electrons. The third-order valence-electron chi connectivity index (χ3n) is 5.17. The molecule has 1 aliphatic rings. The van der Waals surface area contributed by atoms with Gasteiger partial charge in [0.2, 0.25) is 5.60 Å². The number of hydrogen-bond acceptors (Lipinski definition) is 4. The maximum atomic E-state index is 13.0. The van der Waals surface area contributed by atoms with E-state index in [1.54, 1.807) is 29.2 Å². The minimum Gasteiger partial charge on any atom is -0.373 e. The molecule has 0 saturated carbocycles. The molecule has 1 aromatic rings. The predicted molar refractivity (Wildman–Crippen MR) is 98.7 cm³/mol. The molecule has 1 N–H and O–H groups in total. The van der Waals surface area contributed by atoms with Gasteiger partial charge in [-0.2, -0.15) is 18.4 Å². The monoisotopic (exact) mass is 411 g/mol. The van der Waals surface area contributed by atoms with Crippen LogP contribution >= 0.6 is 0 Å². The Hall–Kier alpha value is -2.60. The van der Waals surface area contributed by atoms with Gasteiger partial charge in [0.05, 0.1) is 11.6 Å². The van der Waals surface area contributed by atoms with Crippen molar-refractivity contribution in [3.05, 3.63) is 35.4 Å². The van der Waals surface area contributed by atoms with Crippen molar-refractivity contribution >= 4 is 11.8 Å². The van der Waals surface area contributed by atoms with E-state index in [0.717, 1.165) is 4.90 Å². The number of carbonyl (C=O) groups excluding carboxylic acids is 2. The first-order valence-electron chi connectivity index (χ1n) is 9.31. The van der Waals surface area contributed by atoms with Gasteiger partial charge >= 0.3 is 6.18 Å². The maximum Gasteiger partial charge on any atom is 0.426 e. The van der Waals surface area contributed by atoms with E-state index < -0.39 is 17.7 Å². The van der Waals surface area contributed by atoms with Crippen molar-refractivity contribution in [1.82, 2.24) is 9.80 Å². The van der Waals surface area contributed by atoms with Gasteiger partial charge < -0.3 is 14.9 Å². The lowest BCUT2D eigenvalue weighted by molar-refractivity contribution is -0.250. The average molecular weight is 411 g/mol. The fourth-order valence-electron chi connectivity index (χ4n) is 3.43. The Morgan fingerprint density at radius 1 is 1.21 bits per heavy atom. The third kappa shape index (κ3) is 4.70. The summed E-state index contributed by atoms with van der Waals surface area (Å²) in [5.74, 6) is -1.62. The maximum absolute atomic E-state index is 13.0. The van der Waals surface area contributed by atoms with Crippen molar-refractivity contribution in [3.8, 4) is 6.07 Å². The standard InChI is InChI=1S/C20H24F3N3O3/c1-13(2)26(17(27)15-6-4-14(12-24)5-7-15)16-8-10-25(11-9-16)18(28)19(3,29)20(21,22)23/h4-7,13,16,29H,8-11H2,1-3H3. The SMILES string of the molecule is CC(C)N(C(=O)c1ccc(C#N)cc1)C1CCN(C(=O)C(C)(O)C(F)(F)F)CC1. The summed E-state index contributed by atoms with van der Waals surface area (Å²) in [6.07, 6.45) is -4.45. The molecular weight excluding hydrogens is 387 g/mol. The van der Waals surface area contributed by atoms with E-state index in [1.165, 1.54) is 0 Å². The highest BCUT2D eigenvalue weighted by Crippen LogP contribution is 2.33. The summed E-state index contributed by atoms with van der Waals surface area (Å²) in [4.78, 5) is 27.8. The molecule has 1 aliphatic heterocycles. The van der Waals surface area contributed by atoms with Gasteiger partial charge in [0.15, 0.2) is 0 Å². The first-order valence-corrected chi connectivity index (χ1v) is 9.31. The molecule has 0 spiro atoms. The second kappa shape index (κ2) is 8.41. The van der Waals surface area contributed by atoms with Crippen LogP contribution in [0.4, 0.5) is 13.2 Å². The molecule has 0 bridgehead atoms. The molecule has 1 aromatic carbocycles. The summed E-state index contributed by atoms with van der Waals surface area (Å²) >= 11 is 0. The summed E-state index contributed by atoms with van der Waals surface area (Å²) < 4.78 is 38.8. The van der Waals surface area contributed by atoms with Crippen LogP contribution in [0.3, 0.4) is 0 Å². The van der Waals surface area contributed by atoms with Crippen molar-refractivity contribution in [3.63, 3.8) is 0 Å². The quantitative estimate of drug-likeness (QED) is 0.826. The van der Waals surface area contributed by atoms with Crippen molar-refractivity contribution < 1.29 is 27.9 Å². The molecule has 1 saturated heterocycles. The number of carbonyl (C=O) groups is 2. The molecule has 6 nitrogen and oxygen atoms in total. The highest BCUT2D eigenvalue weighted by Gasteiger charge is 2.57. The number of nitriles is 1. The molecule has 2 amide bonds. The molecule has 1 unspecified atom stereocenters. The van der Waals surface area contributed by atoms with Crippen LogP contribution in [-0.4, -0.2) is 63.7 Å². The van der Waals surface area contributed by atoms with Gasteiger partial charge in [-0.3, -0.25) is 9.59 Å². The zero-order valence-electron chi connectivity index (χ0n) is 16.5. The van der Waals surface area contributed by atoms with E-state index in [4.69, 9.17) is 5.26 Å². The first kappa shape index (κ1) is 22.7. The van der Waals surface area contributed by atoms with Crippen molar-refractivity contribution in [2.75, 3.05) is 13.1 Å². The van der Waals surface area contributed by atoms with Gasteiger partial charge in [-0.1, -0.05) is 0 Å². The summed E-state index contributed by atoms with van der Waals surface area (Å²) in [6, 6.07) is 7.79. The molecular formula is C20H24F3N3O3. The molecule has 0 aromatic heterocycles. The largest absolute Gasteiger partial charge is 0.426 e. The van der Waals surface area contributed by atoms with Gasteiger partial charge in [0.1, 0.15) is 0 Å². The first-order chi connectivity index (χ1) is 13.4. The topological polar surface area (TPSA) is 84.6 Å². The molecule has 29 heavy (non-hydrogen) atoms. The summed E-state index contributed by atoms with van der Waals surface area (Å²) in [7, 11) is 0. The highest BCUT2D eigenvalue weighted by molar-refractivity contribution is 5.94. The molecule has 0 radical (unpaired) electrons. The van der Waals surface area contributed by atoms with E-state index in [9.17, 15) is 27.9 Å². The lowest BCUT2D eigenvalue weighted by Gasteiger charge is -2.42. The molecule has 0 aliphatic carbocycles. The van der Waals surface area contributed by atoms with Crippen LogP contribution in [0.15, 0.2) is 24.3 Å². The van der Waals surface area contributed by atoms with Crippen molar-refractivity contribution in [1.29, 1.82) is 5.26 Å². The Morgan fingerprint density at radius 2 is 1.72 bits per heavy atom. The normalized spacial score (nSPS) is 17.6. The van der Waals surface area contributed by atoms with Crippen LogP contribution < -0.4 is 0 Å². The van der Waals surface area contributed by atoms with Crippen LogP contribution in [0, 0.1) is 11.3 Å². The van der Waals surface area contributed by atoms with Gasteiger partial charge in [0.25, 0.3) is 11.8 Å². The highest BCUT2D eigenvalue weighted by atomic mass is 19.4. The van der Waals surface area contributed by atoms with E-state index in [-0.39, 0.29) is 31.1 Å². The Morgan fingerprint density at radius 3 is 2.14 bits per heavy atom. The zero-order valence-corrected chi connectivity index (χ0v) is 16.5.